The Bertz CT molecular complexity index is 231. The van der Waals surface area contributed by atoms with E-state index in [1.807, 2.05) is 0 Å². The van der Waals surface area contributed by atoms with E-state index in [1.165, 1.54) is 0 Å². The summed E-state index contributed by atoms with van der Waals surface area (Å²) in [6.45, 7) is 0.0351. The maximum Gasteiger partial charge on any atom is 0.0727 e. The highest BCUT2D eigenvalue weighted by Crippen LogP contribution is 2.09. The summed E-state index contributed by atoms with van der Waals surface area (Å²) in [7, 11) is 1.78. The van der Waals surface area contributed by atoms with Gasteiger partial charge >= 0.3 is 0 Å². The minimum Gasteiger partial charge on any atom is -0.397 e. The molecule has 0 spiro atoms. The van der Waals surface area contributed by atoms with E-state index >= 15 is 0 Å². The van der Waals surface area contributed by atoms with Crippen LogP contribution in [-0.4, -0.2) is 23.7 Å². The molecule has 0 bridgehead atoms. The third-order valence-electron chi connectivity index (χ3n) is 1.70. The van der Waals surface area contributed by atoms with Crippen molar-refractivity contribution in [1.29, 1.82) is 0 Å². The van der Waals surface area contributed by atoms with Crippen LogP contribution >= 0.6 is 0 Å². The molecule has 0 fully saturated rings. The highest BCUT2D eigenvalue weighted by Gasteiger charge is 2.07. The van der Waals surface area contributed by atoms with Gasteiger partial charge in [0.25, 0.3) is 0 Å². The summed E-state index contributed by atoms with van der Waals surface area (Å²) in [5, 5.41) is 11.8. The van der Waals surface area contributed by atoms with Crippen LogP contribution in [0.25, 0.3) is 0 Å². The monoisotopic (exact) mass is 167 g/mol. The summed E-state index contributed by atoms with van der Waals surface area (Å²) >= 11 is 0. The number of aliphatic hydroxyl groups excluding tert-OH is 1. The summed E-state index contributed by atoms with van der Waals surface area (Å²) < 4.78 is 0. The first-order valence-electron chi connectivity index (χ1n) is 3.77. The molecular formula is C8H13N3O. The molecule has 0 saturated heterocycles. The number of aromatic nitrogens is 1. The van der Waals surface area contributed by atoms with Gasteiger partial charge in [0.15, 0.2) is 0 Å². The van der Waals surface area contributed by atoms with Crippen molar-refractivity contribution in [3.8, 4) is 0 Å². The summed E-state index contributed by atoms with van der Waals surface area (Å²) in [4.78, 5) is 4.07. The number of hydrogen-bond donors (Lipinski definition) is 3. The number of rotatable bonds is 3. The van der Waals surface area contributed by atoms with E-state index in [0.29, 0.717) is 5.69 Å². The van der Waals surface area contributed by atoms with Gasteiger partial charge in [-0.3, -0.25) is 4.98 Å². The Morgan fingerprint density at radius 3 is 2.83 bits per heavy atom. The topological polar surface area (TPSA) is 71.2 Å². The van der Waals surface area contributed by atoms with Gasteiger partial charge in [0, 0.05) is 0 Å². The van der Waals surface area contributed by atoms with E-state index in [4.69, 9.17) is 10.8 Å². The van der Waals surface area contributed by atoms with Gasteiger partial charge in [0.1, 0.15) is 0 Å². The molecule has 4 nitrogen and oxygen atoms in total. The predicted molar refractivity (Wildman–Crippen MR) is 47.5 cm³/mol. The Morgan fingerprint density at radius 2 is 2.42 bits per heavy atom. The van der Waals surface area contributed by atoms with Gasteiger partial charge in [-0.2, -0.15) is 0 Å². The van der Waals surface area contributed by atoms with Crippen molar-refractivity contribution < 1.29 is 5.11 Å². The molecule has 0 unspecified atom stereocenters. The van der Waals surface area contributed by atoms with Gasteiger partial charge in [0.2, 0.25) is 0 Å². The van der Waals surface area contributed by atoms with Crippen molar-refractivity contribution in [2.75, 3.05) is 19.4 Å². The number of hydrogen-bond acceptors (Lipinski definition) is 4. The van der Waals surface area contributed by atoms with Crippen LogP contribution in [0.4, 0.5) is 5.69 Å². The summed E-state index contributed by atoms with van der Waals surface area (Å²) in [6, 6.07) is 3.46. The first kappa shape index (κ1) is 8.96. The molecule has 0 saturated carbocycles. The van der Waals surface area contributed by atoms with Crippen LogP contribution in [0.5, 0.6) is 0 Å². The van der Waals surface area contributed by atoms with Gasteiger partial charge in [-0.1, -0.05) is 0 Å². The smallest absolute Gasteiger partial charge is 0.0727 e. The van der Waals surface area contributed by atoms with Crippen molar-refractivity contribution in [3.05, 3.63) is 24.0 Å². The van der Waals surface area contributed by atoms with Crippen LogP contribution < -0.4 is 11.1 Å². The minimum absolute atomic E-state index is 0.0351. The molecule has 1 aromatic rings. The minimum atomic E-state index is -0.106. The predicted octanol–water partition coefficient (Wildman–Crippen LogP) is -0.0834. The van der Waals surface area contributed by atoms with Crippen LogP contribution in [0.2, 0.25) is 0 Å². The molecule has 4 N–H and O–H groups in total. The van der Waals surface area contributed by atoms with Gasteiger partial charge in [-0.25, -0.2) is 0 Å². The summed E-state index contributed by atoms with van der Waals surface area (Å²) in [5.41, 5.74) is 6.90. The Hall–Kier alpha value is -1.13. The highest BCUT2D eigenvalue weighted by atomic mass is 16.3. The van der Waals surface area contributed by atoms with Crippen LogP contribution in [0.1, 0.15) is 11.7 Å². The van der Waals surface area contributed by atoms with Gasteiger partial charge in [-0.15, -0.1) is 0 Å². The van der Waals surface area contributed by atoms with Crippen molar-refractivity contribution in [3.63, 3.8) is 0 Å². The molecule has 12 heavy (non-hydrogen) atoms. The van der Waals surface area contributed by atoms with Gasteiger partial charge in [0.05, 0.1) is 30.2 Å². The van der Waals surface area contributed by atoms with Gasteiger partial charge < -0.3 is 16.2 Å². The molecule has 0 aliphatic carbocycles. The SMILES string of the molecule is CN[C@H](CO)c1ccc(N)cn1. The van der Waals surface area contributed by atoms with Crippen molar-refractivity contribution >= 4 is 5.69 Å². The zero-order valence-corrected chi connectivity index (χ0v) is 6.99. The van der Waals surface area contributed by atoms with Crippen molar-refractivity contribution in [2.45, 2.75) is 6.04 Å². The standard InChI is InChI=1S/C8H13N3O/c1-10-8(5-12)7-3-2-6(9)4-11-7/h2-4,8,10,12H,5,9H2,1H3/t8-/m1/s1. The van der Waals surface area contributed by atoms with E-state index in [-0.39, 0.29) is 12.6 Å². The molecule has 1 heterocycles. The zero-order chi connectivity index (χ0) is 8.97. The molecule has 1 aromatic heterocycles. The zero-order valence-electron chi connectivity index (χ0n) is 6.99. The quantitative estimate of drug-likeness (QED) is 0.588. The first-order chi connectivity index (χ1) is 5.77. The Kier molecular flexibility index (Phi) is 3.01. The lowest BCUT2D eigenvalue weighted by Crippen LogP contribution is -2.20. The number of nitrogens with one attached hydrogen (secondary N) is 1. The molecule has 0 amide bonds. The highest BCUT2D eigenvalue weighted by molar-refractivity contribution is 5.35. The van der Waals surface area contributed by atoms with Crippen LogP contribution in [0.3, 0.4) is 0 Å². The molecule has 0 radical (unpaired) electrons. The number of nitrogen functional groups attached to an aromatic ring is 1. The largest absolute Gasteiger partial charge is 0.397 e. The van der Waals surface area contributed by atoms with Crippen LogP contribution in [0.15, 0.2) is 18.3 Å². The lowest BCUT2D eigenvalue weighted by Gasteiger charge is -2.11. The van der Waals surface area contributed by atoms with Crippen molar-refractivity contribution in [2.24, 2.45) is 0 Å². The second-order valence-electron chi connectivity index (χ2n) is 2.54. The van der Waals surface area contributed by atoms with Gasteiger partial charge in [-0.05, 0) is 19.2 Å². The fourth-order valence-corrected chi connectivity index (χ4v) is 0.956. The van der Waals surface area contributed by atoms with E-state index in [1.54, 1.807) is 25.4 Å². The average Bonchev–Trinajstić information content (AvgIpc) is 2.10. The number of likely N-dealkylation sites (N-methyl/N-ethyl adjacent to an activating group) is 1. The van der Waals surface area contributed by atoms with E-state index < -0.39 is 0 Å². The summed E-state index contributed by atoms with van der Waals surface area (Å²) in [5.74, 6) is 0. The first-order valence-corrected chi connectivity index (χ1v) is 3.77. The fraction of sp³-hybridized carbons (Fsp3) is 0.375. The van der Waals surface area contributed by atoms with Crippen LogP contribution in [-0.2, 0) is 0 Å². The van der Waals surface area contributed by atoms with E-state index in [2.05, 4.69) is 10.3 Å². The number of nitrogens with zero attached hydrogens (tertiary/aromatic N) is 1. The molecule has 0 aliphatic rings. The maximum absolute atomic E-state index is 8.92. The molecule has 66 valence electrons. The van der Waals surface area contributed by atoms with Crippen LogP contribution in [0, 0.1) is 0 Å². The van der Waals surface area contributed by atoms with E-state index in [0.717, 1.165) is 5.69 Å². The average molecular weight is 167 g/mol. The Morgan fingerprint density at radius 1 is 1.67 bits per heavy atom. The second kappa shape index (κ2) is 4.04. The fourth-order valence-electron chi connectivity index (χ4n) is 0.956. The molecule has 4 heteroatoms. The lowest BCUT2D eigenvalue weighted by atomic mass is 10.2. The third kappa shape index (κ3) is 1.93. The molecule has 1 rings (SSSR count). The number of anilines is 1. The van der Waals surface area contributed by atoms with Crippen molar-refractivity contribution in [1.82, 2.24) is 10.3 Å². The van der Waals surface area contributed by atoms with E-state index in [9.17, 15) is 0 Å². The molecule has 1 atom stereocenters. The third-order valence-corrected chi connectivity index (χ3v) is 1.70. The molecule has 0 aromatic carbocycles. The second-order valence-corrected chi connectivity index (χ2v) is 2.54. The normalized spacial score (nSPS) is 12.8. The molecular weight excluding hydrogens is 154 g/mol. The molecule has 0 aliphatic heterocycles. The Labute approximate surface area is 71.4 Å². The Balaban J connectivity index is 2.80. The number of aliphatic hydroxyl groups is 1. The summed E-state index contributed by atoms with van der Waals surface area (Å²) in [6.07, 6.45) is 1.58. The maximum atomic E-state index is 8.92. The number of nitrogens with two attached hydrogens (primary N) is 1. The lowest BCUT2D eigenvalue weighted by molar-refractivity contribution is 0.248. The number of pyridine rings is 1.